The van der Waals surface area contributed by atoms with Crippen molar-refractivity contribution >= 4 is 23.4 Å². The van der Waals surface area contributed by atoms with Crippen molar-refractivity contribution in [3.63, 3.8) is 0 Å². The maximum atomic E-state index is 12.0. The molecular formula is C17H16N2O3. The van der Waals surface area contributed by atoms with Crippen molar-refractivity contribution in [2.75, 3.05) is 5.32 Å². The Labute approximate surface area is 128 Å². The number of amides is 1. The minimum Gasteiger partial charge on any atom is -0.322 e. The smallest absolute Gasteiger partial charge is 0.270 e. The molecule has 0 saturated carbocycles. The van der Waals surface area contributed by atoms with E-state index >= 15 is 0 Å². The summed E-state index contributed by atoms with van der Waals surface area (Å²) in [5, 5.41) is 13.5. The summed E-state index contributed by atoms with van der Waals surface area (Å²) < 4.78 is 0. The topological polar surface area (TPSA) is 72.2 Å². The molecule has 2 rings (SSSR count). The zero-order chi connectivity index (χ0) is 16.1. The predicted octanol–water partition coefficient (Wildman–Crippen LogP) is 3.86. The molecule has 0 aliphatic heterocycles. The van der Waals surface area contributed by atoms with Gasteiger partial charge in [0.05, 0.1) is 4.92 Å². The molecule has 112 valence electrons. The molecule has 1 amide bonds. The van der Waals surface area contributed by atoms with E-state index in [0.717, 1.165) is 16.8 Å². The molecule has 0 aliphatic rings. The van der Waals surface area contributed by atoms with Crippen molar-refractivity contribution in [3.05, 3.63) is 75.3 Å². The van der Waals surface area contributed by atoms with Gasteiger partial charge in [0.15, 0.2) is 0 Å². The summed E-state index contributed by atoms with van der Waals surface area (Å²) in [6.45, 7) is 3.85. The molecule has 0 bridgehead atoms. The molecule has 0 unspecified atom stereocenters. The van der Waals surface area contributed by atoms with E-state index in [4.69, 9.17) is 0 Å². The van der Waals surface area contributed by atoms with Crippen molar-refractivity contribution in [3.8, 4) is 0 Å². The second-order valence-corrected chi connectivity index (χ2v) is 4.94. The average molecular weight is 296 g/mol. The normalized spacial score (nSPS) is 10.6. The Morgan fingerprint density at radius 2 is 1.77 bits per heavy atom. The number of carbonyl (C=O) groups is 1. The minimum absolute atomic E-state index is 0.00249. The van der Waals surface area contributed by atoms with E-state index in [1.54, 1.807) is 18.2 Å². The fourth-order valence-electron chi connectivity index (χ4n) is 2.09. The third kappa shape index (κ3) is 3.79. The van der Waals surface area contributed by atoms with Crippen LogP contribution in [0, 0.1) is 24.0 Å². The van der Waals surface area contributed by atoms with Crippen LogP contribution in [0.25, 0.3) is 6.08 Å². The number of nitro groups is 1. The van der Waals surface area contributed by atoms with Crippen LogP contribution in [0.3, 0.4) is 0 Å². The van der Waals surface area contributed by atoms with Crippen LogP contribution >= 0.6 is 0 Å². The second kappa shape index (κ2) is 6.67. The van der Waals surface area contributed by atoms with Crippen molar-refractivity contribution in [1.82, 2.24) is 0 Å². The molecule has 0 heterocycles. The van der Waals surface area contributed by atoms with E-state index in [1.165, 1.54) is 18.2 Å². The lowest BCUT2D eigenvalue weighted by molar-refractivity contribution is -0.384. The monoisotopic (exact) mass is 296 g/mol. The highest BCUT2D eigenvalue weighted by Crippen LogP contribution is 2.19. The first-order valence-corrected chi connectivity index (χ1v) is 6.77. The highest BCUT2D eigenvalue weighted by molar-refractivity contribution is 6.02. The van der Waals surface area contributed by atoms with Gasteiger partial charge in [-0.1, -0.05) is 30.3 Å². The summed E-state index contributed by atoms with van der Waals surface area (Å²) in [5.74, 6) is -0.274. The number of nitrogens with zero attached hydrogens (tertiary/aromatic N) is 1. The highest BCUT2D eigenvalue weighted by atomic mass is 16.6. The van der Waals surface area contributed by atoms with Crippen LogP contribution in [0.4, 0.5) is 11.4 Å². The lowest BCUT2D eigenvalue weighted by atomic mass is 10.1. The van der Waals surface area contributed by atoms with Gasteiger partial charge in [0, 0.05) is 23.9 Å². The van der Waals surface area contributed by atoms with Gasteiger partial charge in [0.2, 0.25) is 5.91 Å². The molecule has 0 saturated heterocycles. The molecule has 5 nitrogen and oxygen atoms in total. The van der Waals surface area contributed by atoms with Gasteiger partial charge in [-0.25, -0.2) is 0 Å². The summed E-state index contributed by atoms with van der Waals surface area (Å²) in [5.41, 5.74) is 3.36. The fourth-order valence-corrected chi connectivity index (χ4v) is 2.09. The first-order chi connectivity index (χ1) is 10.5. The van der Waals surface area contributed by atoms with E-state index in [2.05, 4.69) is 5.32 Å². The maximum Gasteiger partial charge on any atom is 0.270 e. The molecule has 0 radical (unpaired) electrons. The second-order valence-electron chi connectivity index (χ2n) is 4.94. The van der Waals surface area contributed by atoms with Gasteiger partial charge in [-0.05, 0) is 36.6 Å². The molecule has 0 aliphatic carbocycles. The zero-order valence-corrected chi connectivity index (χ0v) is 12.4. The summed E-state index contributed by atoms with van der Waals surface area (Å²) in [6.07, 6.45) is 2.92. The number of carbonyl (C=O) groups excluding carboxylic acids is 1. The van der Waals surface area contributed by atoms with Crippen LogP contribution < -0.4 is 5.32 Å². The SMILES string of the molecule is Cc1cccc(C)c1NC(=O)C=Cc1cccc([N+](=O)[O-])c1. The molecule has 0 aromatic heterocycles. The fraction of sp³-hybridized carbons (Fsp3) is 0.118. The van der Waals surface area contributed by atoms with E-state index in [9.17, 15) is 14.9 Å². The van der Waals surface area contributed by atoms with Gasteiger partial charge in [-0.15, -0.1) is 0 Å². The Morgan fingerprint density at radius 1 is 1.14 bits per heavy atom. The van der Waals surface area contributed by atoms with Crippen LogP contribution in [0.5, 0.6) is 0 Å². The third-order valence-electron chi connectivity index (χ3n) is 3.24. The average Bonchev–Trinajstić information content (AvgIpc) is 2.49. The molecular weight excluding hydrogens is 280 g/mol. The van der Waals surface area contributed by atoms with Crippen LogP contribution in [0.1, 0.15) is 16.7 Å². The number of nitrogens with one attached hydrogen (secondary N) is 1. The first kappa shape index (κ1) is 15.4. The Hall–Kier alpha value is -2.95. The van der Waals surface area contributed by atoms with Crippen LogP contribution in [0.2, 0.25) is 0 Å². The van der Waals surface area contributed by atoms with E-state index in [1.807, 2.05) is 32.0 Å². The van der Waals surface area contributed by atoms with Crippen molar-refractivity contribution in [1.29, 1.82) is 0 Å². The van der Waals surface area contributed by atoms with Gasteiger partial charge < -0.3 is 5.32 Å². The zero-order valence-electron chi connectivity index (χ0n) is 12.4. The highest BCUT2D eigenvalue weighted by Gasteiger charge is 2.06. The molecule has 1 N–H and O–H groups in total. The lowest BCUT2D eigenvalue weighted by Crippen LogP contribution is -2.10. The van der Waals surface area contributed by atoms with Crippen LogP contribution in [-0.2, 0) is 4.79 Å². The third-order valence-corrected chi connectivity index (χ3v) is 3.24. The largest absolute Gasteiger partial charge is 0.322 e. The Kier molecular flexibility index (Phi) is 4.68. The number of aryl methyl sites for hydroxylation is 2. The number of hydrogen-bond acceptors (Lipinski definition) is 3. The number of benzene rings is 2. The maximum absolute atomic E-state index is 12.0. The molecule has 0 fully saturated rings. The first-order valence-electron chi connectivity index (χ1n) is 6.77. The summed E-state index contributed by atoms with van der Waals surface area (Å²) in [4.78, 5) is 22.2. The molecule has 5 heteroatoms. The van der Waals surface area contributed by atoms with Gasteiger partial charge >= 0.3 is 0 Å². The molecule has 0 spiro atoms. The Balaban J connectivity index is 2.12. The number of anilines is 1. The van der Waals surface area contributed by atoms with Gasteiger partial charge in [0.25, 0.3) is 5.69 Å². The van der Waals surface area contributed by atoms with E-state index in [0.29, 0.717) is 5.56 Å². The predicted molar refractivity (Wildman–Crippen MR) is 86.7 cm³/mol. The molecule has 2 aromatic carbocycles. The number of rotatable bonds is 4. The standard InChI is InChI=1S/C17H16N2O3/c1-12-5-3-6-13(2)17(12)18-16(20)10-9-14-7-4-8-15(11-14)19(21)22/h3-11H,1-2H3,(H,18,20). The number of nitro benzene ring substituents is 1. The van der Waals surface area contributed by atoms with E-state index in [-0.39, 0.29) is 11.6 Å². The lowest BCUT2D eigenvalue weighted by Gasteiger charge is -2.09. The van der Waals surface area contributed by atoms with Gasteiger partial charge in [-0.3, -0.25) is 14.9 Å². The summed E-state index contributed by atoms with van der Waals surface area (Å²) >= 11 is 0. The molecule has 22 heavy (non-hydrogen) atoms. The number of non-ortho nitro benzene ring substituents is 1. The molecule has 2 aromatic rings. The van der Waals surface area contributed by atoms with Crippen molar-refractivity contribution in [2.45, 2.75) is 13.8 Å². The number of para-hydroxylation sites is 1. The summed E-state index contributed by atoms with van der Waals surface area (Å²) in [6, 6.07) is 11.9. The quantitative estimate of drug-likeness (QED) is 0.529. The molecule has 0 atom stereocenters. The minimum atomic E-state index is -0.464. The van der Waals surface area contributed by atoms with E-state index < -0.39 is 4.92 Å². The van der Waals surface area contributed by atoms with Crippen LogP contribution in [0.15, 0.2) is 48.5 Å². The Bertz CT molecular complexity index is 731. The van der Waals surface area contributed by atoms with Gasteiger partial charge in [-0.2, -0.15) is 0 Å². The number of hydrogen-bond donors (Lipinski definition) is 1. The summed E-state index contributed by atoms with van der Waals surface area (Å²) in [7, 11) is 0. The van der Waals surface area contributed by atoms with Gasteiger partial charge in [0.1, 0.15) is 0 Å². The van der Waals surface area contributed by atoms with Crippen LogP contribution in [-0.4, -0.2) is 10.8 Å². The van der Waals surface area contributed by atoms with Crippen molar-refractivity contribution in [2.24, 2.45) is 0 Å². The van der Waals surface area contributed by atoms with Crippen molar-refractivity contribution < 1.29 is 9.72 Å². The Morgan fingerprint density at radius 3 is 2.41 bits per heavy atom.